The molecular formula is C13H20F2N2O2S. The van der Waals surface area contributed by atoms with Crippen molar-refractivity contribution < 1.29 is 17.2 Å². The Kier molecular flexibility index (Phi) is 5.23. The SMILES string of the molecule is CCC(C)(C)NS(=O)(=O)c1ccc(F)c(CNC)c1F. The van der Waals surface area contributed by atoms with Crippen LogP contribution in [0.4, 0.5) is 8.78 Å². The maximum absolute atomic E-state index is 14.2. The Labute approximate surface area is 118 Å². The number of rotatable bonds is 6. The van der Waals surface area contributed by atoms with Gasteiger partial charge in [-0.2, -0.15) is 0 Å². The lowest BCUT2D eigenvalue weighted by molar-refractivity contribution is 0.436. The van der Waals surface area contributed by atoms with Crippen molar-refractivity contribution >= 4 is 10.0 Å². The van der Waals surface area contributed by atoms with Crippen molar-refractivity contribution in [1.82, 2.24) is 10.0 Å². The molecule has 0 spiro atoms. The van der Waals surface area contributed by atoms with Gasteiger partial charge in [0.1, 0.15) is 10.7 Å². The van der Waals surface area contributed by atoms with Gasteiger partial charge in [-0.25, -0.2) is 21.9 Å². The first-order valence-electron chi connectivity index (χ1n) is 6.30. The molecule has 2 N–H and O–H groups in total. The molecule has 0 aliphatic rings. The van der Waals surface area contributed by atoms with Gasteiger partial charge < -0.3 is 5.32 Å². The Morgan fingerprint density at radius 1 is 1.25 bits per heavy atom. The van der Waals surface area contributed by atoms with E-state index in [2.05, 4.69) is 10.0 Å². The summed E-state index contributed by atoms with van der Waals surface area (Å²) in [5.74, 6) is -1.83. The summed E-state index contributed by atoms with van der Waals surface area (Å²) >= 11 is 0. The Balaban J connectivity index is 3.30. The summed E-state index contributed by atoms with van der Waals surface area (Å²) in [4.78, 5) is -0.536. The molecule has 20 heavy (non-hydrogen) atoms. The van der Waals surface area contributed by atoms with Crippen LogP contribution in [0.2, 0.25) is 0 Å². The van der Waals surface area contributed by atoms with Gasteiger partial charge in [0, 0.05) is 17.6 Å². The van der Waals surface area contributed by atoms with Gasteiger partial charge in [-0.3, -0.25) is 0 Å². The van der Waals surface area contributed by atoms with Crippen molar-refractivity contribution in [2.24, 2.45) is 0 Å². The molecule has 0 fully saturated rings. The quantitative estimate of drug-likeness (QED) is 0.846. The minimum atomic E-state index is -4.04. The second kappa shape index (κ2) is 6.15. The van der Waals surface area contributed by atoms with Crippen molar-refractivity contribution in [1.29, 1.82) is 0 Å². The van der Waals surface area contributed by atoms with Crippen LogP contribution in [-0.4, -0.2) is 21.0 Å². The van der Waals surface area contributed by atoms with Crippen LogP contribution in [-0.2, 0) is 16.6 Å². The molecule has 1 aromatic rings. The summed E-state index contributed by atoms with van der Waals surface area (Å²) in [7, 11) is -2.51. The van der Waals surface area contributed by atoms with Crippen molar-refractivity contribution in [3.05, 3.63) is 29.3 Å². The molecule has 0 saturated carbocycles. The van der Waals surface area contributed by atoms with E-state index in [1.807, 2.05) is 6.92 Å². The van der Waals surface area contributed by atoms with Crippen LogP contribution in [0.15, 0.2) is 17.0 Å². The largest absolute Gasteiger partial charge is 0.315 e. The van der Waals surface area contributed by atoms with E-state index in [1.165, 1.54) is 7.05 Å². The van der Waals surface area contributed by atoms with E-state index in [0.717, 1.165) is 12.1 Å². The van der Waals surface area contributed by atoms with E-state index in [1.54, 1.807) is 13.8 Å². The highest BCUT2D eigenvalue weighted by atomic mass is 32.2. The Morgan fingerprint density at radius 3 is 2.35 bits per heavy atom. The smallest absolute Gasteiger partial charge is 0.243 e. The zero-order chi connectivity index (χ0) is 15.6. The monoisotopic (exact) mass is 306 g/mol. The maximum atomic E-state index is 14.2. The number of sulfonamides is 1. The molecule has 1 aromatic carbocycles. The maximum Gasteiger partial charge on any atom is 0.243 e. The Bertz CT molecular complexity index is 586. The molecule has 0 aliphatic heterocycles. The highest BCUT2D eigenvalue weighted by Gasteiger charge is 2.28. The van der Waals surface area contributed by atoms with Gasteiger partial charge in [-0.15, -0.1) is 0 Å². The molecule has 0 amide bonds. The van der Waals surface area contributed by atoms with Crippen molar-refractivity contribution in [3.8, 4) is 0 Å². The van der Waals surface area contributed by atoms with E-state index in [9.17, 15) is 17.2 Å². The topological polar surface area (TPSA) is 58.2 Å². The number of halogens is 2. The zero-order valence-corrected chi connectivity index (χ0v) is 12.9. The molecule has 0 atom stereocenters. The normalized spacial score (nSPS) is 12.7. The number of hydrogen-bond acceptors (Lipinski definition) is 3. The van der Waals surface area contributed by atoms with E-state index in [0.29, 0.717) is 6.42 Å². The summed E-state index contributed by atoms with van der Waals surface area (Å²) in [5, 5.41) is 2.61. The minimum absolute atomic E-state index is 0.0851. The second-order valence-corrected chi connectivity index (χ2v) is 6.86. The van der Waals surface area contributed by atoms with Crippen molar-refractivity contribution in [2.75, 3.05) is 7.05 Å². The van der Waals surface area contributed by atoms with Gasteiger partial charge in [0.05, 0.1) is 0 Å². The van der Waals surface area contributed by atoms with Crippen LogP contribution < -0.4 is 10.0 Å². The van der Waals surface area contributed by atoms with Gasteiger partial charge in [0.15, 0.2) is 5.82 Å². The van der Waals surface area contributed by atoms with Gasteiger partial charge in [0.25, 0.3) is 0 Å². The van der Waals surface area contributed by atoms with Crippen molar-refractivity contribution in [2.45, 2.75) is 44.2 Å². The lowest BCUT2D eigenvalue weighted by Crippen LogP contribution is -2.43. The van der Waals surface area contributed by atoms with E-state index < -0.39 is 32.1 Å². The lowest BCUT2D eigenvalue weighted by atomic mass is 10.0. The minimum Gasteiger partial charge on any atom is -0.315 e. The number of nitrogens with one attached hydrogen (secondary N) is 2. The second-order valence-electron chi connectivity index (χ2n) is 5.21. The molecule has 4 nitrogen and oxygen atoms in total. The third-order valence-electron chi connectivity index (χ3n) is 3.09. The first-order chi connectivity index (χ1) is 9.14. The summed E-state index contributed by atoms with van der Waals surface area (Å²) in [6.07, 6.45) is 0.540. The van der Waals surface area contributed by atoms with Crippen LogP contribution in [0.3, 0.4) is 0 Å². The van der Waals surface area contributed by atoms with E-state index in [-0.39, 0.29) is 12.1 Å². The average molecular weight is 306 g/mol. The number of benzene rings is 1. The van der Waals surface area contributed by atoms with Crippen LogP contribution >= 0.6 is 0 Å². The summed E-state index contributed by atoms with van der Waals surface area (Å²) in [6.45, 7) is 5.12. The molecule has 0 aliphatic carbocycles. The molecule has 0 saturated heterocycles. The molecule has 1 rings (SSSR count). The molecule has 0 bridgehead atoms. The van der Waals surface area contributed by atoms with Crippen LogP contribution in [0.25, 0.3) is 0 Å². The highest BCUT2D eigenvalue weighted by Crippen LogP contribution is 2.23. The molecule has 0 unspecified atom stereocenters. The van der Waals surface area contributed by atoms with Crippen LogP contribution in [0.1, 0.15) is 32.8 Å². The summed E-state index contributed by atoms with van der Waals surface area (Å²) in [6, 6.07) is 1.90. The van der Waals surface area contributed by atoms with Crippen LogP contribution in [0.5, 0.6) is 0 Å². The fourth-order valence-electron chi connectivity index (χ4n) is 1.61. The van der Waals surface area contributed by atoms with E-state index >= 15 is 0 Å². The lowest BCUT2D eigenvalue weighted by Gasteiger charge is -2.24. The third-order valence-corrected chi connectivity index (χ3v) is 4.80. The van der Waals surface area contributed by atoms with Crippen molar-refractivity contribution in [3.63, 3.8) is 0 Å². The van der Waals surface area contributed by atoms with Gasteiger partial charge in [-0.05, 0) is 39.4 Å². The fourth-order valence-corrected chi connectivity index (χ4v) is 3.20. The highest BCUT2D eigenvalue weighted by molar-refractivity contribution is 7.89. The summed E-state index contributed by atoms with van der Waals surface area (Å²) in [5.41, 5.74) is -0.993. The molecular weight excluding hydrogens is 286 g/mol. The molecule has 114 valence electrons. The van der Waals surface area contributed by atoms with Gasteiger partial charge >= 0.3 is 0 Å². The molecule has 0 radical (unpaired) electrons. The van der Waals surface area contributed by atoms with Gasteiger partial charge in [-0.1, -0.05) is 6.92 Å². The zero-order valence-electron chi connectivity index (χ0n) is 12.0. The third kappa shape index (κ3) is 3.74. The first kappa shape index (κ1) is 17.0. The molecule has 0 heterocycles. The number of hydrogen-bond donors (Lipinski definition) is 2. The molecule has 0 aromatic heterocycles. The van der Waals surface area contributed by atoms with E-state index in [4.69, 9.17) is 0 Å². The molecule has 7 heteroatoms. The predicted octanol–water partition coefficient (Wildman–Crippen LogP) is 2.15. The van der Waals surface area contributed by atoms with Gasteiger partial charge in [0.2, 0.25) is 10.0 Å². The Morgan fingerprint density at radius 2 is 1.85 bits per heavy atom. The average Bonchev–Trinajstić information content (AvgIpc) is 2.32. The fraction of sp³-hybridized carbons (Fsp3) is 0.538. The van der Waals surface area contributed by atoms with Crippen LogP contribution in [0, 0.1) is 11.6 Å². The first-order valence-corrected chi connectivity index (χ1v) is 7.78. The predicted molar refractivity (Wildman–Crippen MR) is 73.8 cm³/mol. The Hall–Kier alpha value is -1.05. The summed E-state index contributed by atoms with van der Waals surface area (Å²) < 4.78 is 54.5. The standard InChI is InChI=1S/C13H20F2N2O2S/c1-5-13(2,3)17-20(18,19)11-7-6-10(14)9(8-16-4)12(11)15/h6-7,16-17H,5,8H2,1-4H3.